The summed E-state index contributed by atoms with van der Waals surface area (Å²) >= 11 is 0. The Morgan fingerprint density at radius 1 is 1.20 bits per heavy atom. The molecule has 0 aliphatic rings. The molecule has 0 unspecified atom stereocenters. The van der Waals surface area contributed by atoms with E-state index >= 15 is 0 Å². The third-order valence-electron chi connectivity index (χ3n) is 1.97. The standard InChI is InChI=1S/C11H24N2O2/c1-10(2,3)13-6-9(15)12-7-11(4,5)8-14/h13-14H,6-8H2,1-5H3,(H,12,15). The fraction of sp³-hybridized carbons (Fsp3) is 0.909. The van der Waals surface area contributed by atoms with Gasteiger partial charge in [0, 0.05) is 24.1 Å². The molecule has 0 aliphatic carbocycles. The fourth-order valence-corrected chi connectivity index (χ4v) is 0.802. The van der Waals surface area contributed by atoms with Gasteiger partial charge in [-0.25, -0.2) is 0 Å². The summed E-state index contributed by atoms with van der Waals surface area (Å²) in [6.45, 7) is 10.7. The molecule has 0 heterocycles. The zero-order valence-electron chi connectivity index (χ0n) is 10.5. The Balaban J connectivity index is 3.77. The van der Waals surface area contributed by atoms with Crippen LogP contribution in [0.15, 0.2) is 0 Å². The monoisotopic (exact) mass is 216 g/mol. The first kappa shape index (κ1) is 14.4. The van der Waals surface area contributed by atoms with E-state index in [4.69, 9.17) is 5.11 Å². The largest absolute Gasteiger partial charge is 0.396 e. The first-order valence-electron chi connectivity index (χ1n) is 5.29. The highest BCUT2D eigenvalue weighted by molar-refractivity contribution is 5.78. The van der Waals surface area contributed by atoms with Gasteiger partial charge in [-0.15, -0.1) is 0 Å². The van der Waals surface area contributed by atoms with E-state index in [1.807, 2.05) is 34.6 Å². The zero-order chi connectivity index (χ0) is 12.1. The van der Waals surface area contributed by atoms with Crippen molar-refractivity contribution in [2.24, 2.45) is 5.41 Å². The lowest BCUT2D eigenvalue weighted by Gasteiger charge is -2.23. The van der Waals surface area contributed by atoms with Gasteiger partial charge in [0.05, 0.1) is 6.54 Å². The second-order valence-corrected chi connectivity index (χ2v) is 5.70. The summed E-state index contributed by atoms with van der Waals surface area (Å²) in [5.41, 5.74) is -0.304. The van der Waals surface area contributed by atoms with Crippen LogP contribution in [0.4, 0.5) is 0 Å². The van der Waals surface area contributed by atoms with E-state index in [1.54, 1.807) is 0 Å². The Hall–Kier alpha value is -0.610. The van der Waals surface area contributed by atoms with Crippen LogP contribution in [-0.4, -0.2) is 36.2 Å². The molecule has 0 spiro atoms. The number of hydrogen-bond donors (Lipinski definition) is 3. The van der Waals surface area contributed by atoms with Crippen molar-refractivity contribution in [1.82, 2.24) is 10.6 Å². The van der Waals surface area contributed by atoms with Gasteiger partial charge < -0.3 is 15.7 Å². The van der Waals surface area contributed by atoms with Crippen molar-refractivity contribution in [1.29, 1.82) is 0 Å². The molecule has 1 amide bonds. The van der Waals surface area contributed by atoms with Gasteiger partial charge in [-0.3, -0.25) is 4.79 Å². The number of rotatable bonds is 5. The minimum atomic E-state index is -0.253. The van der Waals surface area contributed by atoms with E-state index in [2.05, 4.69) is 10.6 Å². The predicted octanol–water partition coefficient (Wildman–Crippen LogP) is 0.509. The van der Waals surface area contributed by atoms with Crippen LogP contribution in [0, 0.1) is 5.41 Å². The highest BCUT2D eigenvalue weighted by Crippen LogP contribution is 2.10. The van der Waals surface area contributed by atoms with E-state index in [0.29, 0.717) is 13.1 Å². The molecule has 0 aromatic heterocycles. The lowest BCUT2D eigenvalue weighted by Crippen LogP contribution is -2.45. The summed E-state index contributed by atoms with van der Waals surface area (Å²) in [4.78, 5) is 11.4. The highest BCUT2D eigenvalue weighted by atomic mass is 16.3. The van der Waals surface area contributed by atoms with Gasteiger partial charge in [0.15, 0.2) is 0 Å². The number of carbonyl (C=O) groups is 1. The molecule has 90 valence electrons. The van der Waals surface area contributed by atoms with Gasteiger partial charge in [0.2, 0.25) is 5.91 Å². The highest BCUT2D eigenvalue weighted by Gasteiger charge is 2.18. The normalized spacial score (nSPS) is 12.7. The van der Waals surface area contributed by atoms with E-state index in [0.717, 1.165) is 0 Å². The van der Waals surface area contributed by atoms with Gasteiger partial charge in [-0.1, -0.05) is 13.8 Å². The quantitative estimate of drug-likeness (QED) is 0.627. The topological polar surface area (TPSA) is 61.4 Å². The van der Waals surface area contributed by atoms with E-state index < -0.39 is 0 Å². The van der Waals surface area contributed by atoms with Crippen molar-refractivity contribution >= 4 is 5.91 Å². The van der Waals surface area contributed by atoms with E-state index in [-0.39, 0.29) is 23.5 Å². The molecular weight excluding hydrogens is 192 g/mol. The number of hydrogen-bond acceptors (Lipinski definition) is 3. The zero-order valence-corrected chi connectivity index (χ0v) is 10.5. The Morgan fingerprint density at radius 3 is 2.13 bits per heavy atom. The van der Waals surface area contributed by atoms with Crippen molar-refractivity contribution in [3.63, 3.8) is 0 Å². The van der Waals surface area contributed by atoms with Crippen LogP contribution in [0.25, 0.3) is 0 Å². The van der Waals surface area contributed by atoms with Crippen molar-refractivity contribution in [3.05, 3.63) is 0 Å². The number of amides is 1. The molecule has 0 rings (SSSR count). The molecule has 0 aromatic rings. The van der Waals surface area contributed by atoms with Crippen molar-refractivity contribution in [3.8, 4) is 0 Å². The third kappa shape index (κ3) is 8.39. The van der Waals surface area contributed by atoms with Crippen molar-refractivity contribution in [2.75, 3.05) is 19.7 Å². The number of nitrogens with one attached hydrogen (secondary N) is 2. The second kappa shape index (κ2) is 5.47. The molecule has 0 saturated carbocycles. The molecule has 0 bridgehead atoms. The molecule has 0 saturated heterocycles. The molecule has 4 heteroatoms. The van der Waals surface area contributed by atoms with Gasteiger partial charge in [0.1, 0.15) is 0 Å². The summed E-state index contributed by atoms with van der Waals surface area (Å²) in [6.07, 6.45) is 0. The predicted molar refractivity (Wildman–Crippen MR) is 61.6 cm³/mol. The van der Waals surface area contributed by atoms with Crippen LogP contribution in [0.1, 0.15) is 34.6 Å². The van der Waals surface area contributed by atoms with Crippen molar-refractivity contribution in [2.45, 2.75) is 40.2 Å². The maximum Gasteiger partial charge on any atom is 0.233 e. The molecule has 3 N–H and O–H groups in total. The summed E-state index contributed by atoms with van der Waals surface area (Å²) in [7, 11) is 0. The lowest BCUT2D eigenvalue weighted by molar-refractivity contribution is -0.121. The Morgan fingerprint density at radius 2 is 1.73 bits per heavy atom. The maximum atomic E-state index is 11.4. The number of aliphatic hydroxyl groups is 1. The third-order valence-corrected chi connectivity index (χ3v) is 1.97. The minimum absolute atomic E-state index is 0.0357. The van der Waals surface area contributed by atoms with Crippen LogP contribution in [0.2, 0.25) is 0 Å². The van der Waals surface area contributed by atoms with Gasteiger partial charge in [0.25, 0.3) is 0 Å². The lowest BCUT2D eigenvalue weighted by atomic mass is 9.95. The van der Waals surface area contributed by atoms with E-state index in [9.17, 15) is 4.79 Å². The smallest absolute Gasteiger partial charge is 0.233 e. The minimum Gasteiger partial charge on any atom is -0.396 e. The first-order chi connectivity index (χ1) is 6.66. The van der Waals surface area contributed by atoms with Crippen LogP contribution < -0.4 is 10.6 Å². The average molecular weight is 216 g/mol. The summed E-state index contributed by atoms with van der Waals surface area (Å²) in [5, 5.41) is 14.9. The second-order valence-electron chi connectivity index (χ2n) is 5.70. The first-order valence-corrected chi connectivity index (χ1v) is 5.29. The molecular formula is C11H24N2O2. The van der Waals surface area contributed by atoms with Crippen LogP contribution in [-0.2, 0) is 4.79 Å². The Labute approximate surface area is 92.4 Å². The van der Waals surface area contributed by atoms with Crippen LogP contribution in [0.3, 0.4) is 0 Å². The molecule has 0 radical (unpaired) electrons. The molecule has 0 fully saturated rings. The summed E-state index contributed by atoms with van der Waals surface area (Å²) < 4.78 is 0. The summed E-state index contributed by atoms with van der Waals surface area (Å²) in [6, 6.07) is 0. The SMILES string of the molecule is CC(C)(CO)CNC(=O)CNC(C)(C)C. The molecule has 15 heavy (non-hydrogen) atoms. The number of carbonyl (C=O) groups excluding carboxylic acids is 1. The fourth-order valence-electron chi connectivity index (χ4n) is 0.802. The Bertz CT molecular complexity index is 207. The molecule has 0 atom stereocenters. The van der Waals surface area contributed by atoms with Crippen molar-refractivity contribution < 1.29 is 9.90 Å². The summed E-state index contributed by atoms with van der Waals surface area (Å²) in [5.74, 6) is -0.0357. The average Bonchev–Trinajstić information content (AvgIpc) is 2.10. The Kier molecular flexibility index (Phi) is 5.24. The number of aliphatic hydroxyl groups excluding tert-OH is 1. The van der Waals surface area contributed by atoms with Gasteiger partial charge in [-0.05, 0) is 20.8 Å². The maximum absolute atomic E-state index is 11.4. The molecule has 0 aliphatic heterocycles. The van der Waals surface area contributed by atoms with Gasteiger partial charge in [-0.2, -0.15) is 0 Å². The van der Waals surface area contributed by atoms with Gasteiger partial charge >= 0.3 is 0 Å². The molecule has 4 nitrogen and oxygen atoms in total. The van der Waals surface area contributed by atoms with E-state index in [1.165, 1.54) is 0 Å². The van der Waals surface area contributed by atoms with Crippen LogP contribution in [0.5, 0.6) is 0 Å². The van der Waals surface area contributed by atoms with Crippen LogP contribution >= 0.6 is 0 Å². The molecule has 0 aromatic carbocycles.